The number of carbonyl (C=O) groups excluding carboxylic acids is 1. The molecule has 1 N–H and O–H groups in total. The van der Waals surface area contributed by atoms with E-state index < -0.39 is 10.0 Å². The first kappa shape index (κ1) is 24.9. The van der Waals surface area contributed by atoms with Gasteiger partial charge in [-0.2, -0.15) is 4.31 Å². The van der Waals surface area contributed by atoms with Crippen LogP contribution in [0, 0.1) is 0 Å². The average molecular weight is 478 g/mol. The second-order valence-electron chi connectivity index (χ2n) is 8.43. The first-order valence-electron chi connectivity index (χ1n) is 11.0. The zero-order valence-corrected chi connectivity index (χ0v) is 20.3. The number of benzene rings is 2. The fraction of sp³-hybridized carbons (Fsp3) is 0.458. The third kappa shape index (κ3) is 6.39. The van der Waals surface area contributed by atoms with Crippen LogP contribution in [-0.2, 0) is 10.0 Å². The van der Waals surface area contributed by atoms with E-state index in [2.05, 4.69) is 10.2 Å². The number of carbonyl (C=O) groups is 1. The monoisotopic (exact) mass is 477 g/mol. The van der Waals surface area contributed by atoms with E-state index in [0.717, 1.165) is 31.2 Å². The molecule has 1 aliphatic rings. The molecule has 0 amide bonds. The molecule has 1 saturated heterocycles. The number of halogens is 1. The molecule has 0 aliphatic carbocycles. The SMILES string of the molecule is CN(C)C(CNCC(=O)c1cccc(S(=O)(=O)N2CCCCCC2)c1)c1ccc(Cl)cc1. The summed E-state index contributed by atoms with van der Waals surface area (Å²) in [7, 11) is 0.389. The van der Waals surface area contributed by atoms with Crippen LogP contribution in [0.25, 0.3) is 0 Å². The largest absolute Gasteiger partial charge is 0.308 e. The van der Waals surface area contributed by atoms with Gasteiger partial charge in [-0.05, 0) is 56.8 Å². The Morgan fingerprint density at radius 3 is 2.34 bits per heavy atom. The van der Waals surface area contributed by atoms with E-state index in [1.165, 1.54) is 6.07 Å². The number of sulfonamides is 1. The van der Waals surface area contributed by atoms with Gasteiger partial charge in [0, 0.05) is 36.3 Å². The number of rotatable bonds is 9. The number of nitrogens with one attached hydrogen (secondary N) is 1. The van der Waals surface area contributed by atoms with Crippen LogP contribution in [0.3, 0.4) is 0 Å². The number of nitrogens with zero attached hydrogens (tertiary/aromatic N) is 2. The van der Waals surface area contributed by atoms with Crippen molar-refractivity contribution < 1.29 is 13.2 Å². The van der Waals surface area contributed by atoms with Crippen LogP contribution >= 0.6 is 11.6 Å². The molecule has 1 heterocycles. The highest BCUT2D eigenvalue weighted by molar-refractivity contribution is 7.89. The van der Waals surface area contributed by atoms with E-state index in [0.29, 0.717) is 30.2 Å². The maximum absolute atomic E-state index is 13.1. The molecule has 1 unspecified atom stereocenters. The Bertz CT molecular complexity index is 1000. The van der Waals surface area contributed by atoms with Gasteiger partial charge < -0.3 is 10.2 Å². The highest BCUT2D eigenvalue weighted by Crippen LogP contribution is 2.22. The third-order valence-electron chi connectivity index (χ3n) is 5.86. The Morgan fingerprint density at radius 1 is 1.06 bits per heavy atom. The molecule has 2 aromatic carbocycles. The van der Waals surface area contributed by atoms with Gasteiger partial charge in [0.1, 0.15) is 0 Å². The number of Topliss-reactive ketones (excluding diaryl/α,β-unsaturated/α-hetero) is 1. The van der Waals surface area contributed by atoms with E-state index in [4.69, 9.17) is 11.6 Å². The summed E-state index contributed by atoms with van der Waals surface area (Å²) in [5.74, 6) is -0.133. The predicted octanol–water partition coefficient (Wildman–Crippen LogP) is 3.98. The van der Waals surface area contributed by atoms with E-state index >= 15 is 0 Å². The zero-order chi connectivity index (χ0) is 23.1. The summed E-state index contributed by atoms with van der Waals surface area (Å²) in [4.78, 5) is 15.1. The maximum atomic E-state index is 13.1. The molecule has 1 fully saturated rings. The van der Waals surface area contributed by atoms with Crippen molar-refractivity contribution in [2.45, 2.75) is 36.6 Å². The molecule has 0 radical (unpaired) electrons. The van der Waals surface area contributed by atoms with Crippen molar-refractivity contribution in [3.05, 3.63) is 64.7 Å². The number of hydrogen-bond donors (Lipinski definition) is 1. The Hall–Kier alpha value is -1.77. The minimum absolute atomic E-state index is 0.0785. The van der Waals surface area contributed by atoms with Gasteiger partial charge in [0.05, 0.1) is 11.4 Å². The predicted molar refractivity (Wildman–Crippen MR) is 129 cm³/mol. The Kier molecular flexibility index (Phi) is 8.85. The molecule has 0 aromatic heterocycles. The maximum Gasteiger partial charge on any atom is 0.243 e. The molecule has 0 saturated carbocycles. The van der Waals surface area contributed by atoms with Gasteiger partial charge in [0.2, 0.25) is 10.0 Å². The van der Waals surface area contributed by atoms with Crippen molar-refractivity contribution in [3.8, 4) is 0 Å². The average Bonchev–Trinajstić information content (AvgIpc) is 3.07. The summed E-state index contributed by atoms with van der Waals surface area (Å²) < 4.78 is 27.7. The van der Waals surface area contributed by atoms with E-state index in [9.17, 15) is 13.2 Å². The lowest BCUT2D eigenvalue weighted by molar-refractivity contribution is 0.0988. The summed E-state index contributed by atoms with van der Waals surface area (Å²) in [5.41, 5.74) is 1.51. The quantitative estimate of drug-likeness (QED) is 0.553. The molecular weight excluding hydrogens is 446 g/mol. The highest BCUT2D eigenvalue weighted by atomic mass is 35.5. The van der Waals surface area contributed by atoms with Gasteiger partial charge >= 0.3 is 0 Å². The van der Waals surface area contributed by atoms with Gasteiger partial charge in [0.15, 0.2) is 5.78 Å². The molecule has 0 bridgehead atoms. The van der Waals surface area contributed by atoms with Crippen LogP contribution in [-0.4, -0.2) is 63.7 Å². The molecule has 32 heavy (non-hydrogen) atoms. The van der Waals surface area contributed by atoms with Crippen molar-refractivity contribution in [2.75, 3.05) is 40.3 Å². The molecule has 3 rings (SSSR count). The van der Waals surface area contributed by atoms with Crippen molar-refractivity contribution in [3.63, 3.8) is 0 Å². The number of hydrogen-bond acceptors (Lipinski definition) is 5. The van der Waals surface area contributed by atoms with Crippen molar-refractivity contribution >= 4 is 27.4 Å². The molecule has 1 atom stereocenters. The molecule has 1 aliphatic heterocycles. The first-order chi connectivity index (χ1) is 15.3. The van der Waals surface area contributed by atoms with Crippen LogP contribution in [0.1, 0.15) is 47.6 Å². The normalized spacial score (nSPS) is 16.6. The lowest BCUT2D eigenvalue weighted by atomic mass is 10.1. The minimum atomic E-state index is -3.58. The fourth-order valence-electron chi connectivity index (χ4n) is 3.97. The lowest BCUT2D eigenvalue weighted by Gasteiger charge is -2.25. The molecule has 0 spiro atoms. The molecular formula is C24H32ClN3O3S. The van der Waals surface area contributed by atoms with Gasteiger partial charge in [-0.1, -0.05) is 48.7 Å². The lowest BCUT2D eigenvalue weighted by Crippen LogP contribution is -2.34. The van der Waals surface area contributed by atoms with E-state index in [1.807, 2.05) is 38.4 Å². The molecule has 6 nitrogen and oxygen atoms in total. The Labute approximate surface area is 196 Å². The fourth-order valence-corrected chi connectivity index (χ4v) is 5.66. The smallest absolute Gasteiger partial charge is 0.243 e. The van der Waals surface area contributed by atoms with Crippen molar-refractivity contribution in [1.29, 1.82) is 0 Å². The van der Waals surface area contributed by atoms with Crippen LogP contribution in [0.4, 0.5) is 0 Å². The van der Waals surface area contributed by atoms with Crippen molar-refractivity contribution in [1.82, 2.24) is 14.5 Å². The van der Waals surface area contributed by atoms with Gasteiger partial charge in [0.25, 0.3) is 0 Å². The number of likely N-dealkylation sites (N-methyl/N-ethyl adjacent to an activating group) is 1. The third-order valence-corrected chi connectivity index (χ3v) is 8.01. The Balaban J connectivity index is 1.64. The highest BCUT2D eigenvalue weighted by Gasteiger charge is 2.25. The molecule has 8 heteroatoms. The minimum Gasteiger partial charge on any atom is -0.308 e. The van der Waals surface area contributed by atoms with Gasteiger partial charge in [-0.3, -0.25) is 4.79 Å². The summed E-state index contributed by atoms with van der Waals surface area (Å²) in [6, 6.07) is 14.2. The topological polar surface area (TPSA) is 69.7 Å². The number of ketones is 1. The van der Waals surface area contributed by atoms with Crippen molar-refractivity contribution in [2.24, 2.45) is 0 Å². The van der Waals surface area contributed by atoms with Crippen LogP contribution < -0.4 is 5.32 Å². The molecule has 174 valence electrons. The van der Waals surface area contributed by atoms with E-state index in [-0.39, 0.29) is 23.3 Å². The van der Waals surface area contributed by atoms with Gasteiger partial charge in [-0.25, -0.2) is 8.42 Å². The standard InChI is InChI=1S/C24H32ClN3O3S/c1-27(2)23(19-10-12-21(25)13-11-19)17-26-18-24(29)20-8-7-9-22(16-20)32(30,31)28-14-5-3-4-6-15-28/h7-13,16,23,26H,3-6,14-15,17-18H2,1-2H3. The van der Waals surface area contributed by atoms with Crippen LogP contribution in [0.15, 0.2) is 53.4 Å². The summed E-state index contributed by atoms with van der Waals surface area (Å²) in [6.45, 7) is 1.79. The van der Waals surface area contributed by atoms with Gasteiger partial charge in [-0.15, -0.1) is 0 Å². The second kappa shape index (κ2) is 11.4. The zero-order valence-electron chi connectivity index (χ0n) is 18.8. The van der Waals surface area contributed by atoms with Crippen LogP contribution in [0.5, 0.6) is 0 Å². The Morgan fingerprint density at radius 2 is 1.72 bits per heavy atom. The molecule has 2 aromatic rings. The first-order valence-corrected chi connectivity index (χ1v) is 12.9. The summed E-state index contributed by atoms with van der Waals surface area (Å²) in [5, 5.41) is 3.91. The summed E-state index contributed by atoms with van der Waals surface area (Å²) >= 11 is 5.99. The van der Waals surface area contributed by atoms with E-state index in [1.54, 1.807) is 22.5 Å². The van der Waals surface area contributed by atoms with Crippen LogP contribution in [0.2, 0.25) is 5.02 Å². The second-order valence-corrected chi connectivity index (χ2v) is 10.8. The summed E-state index contributed by atoms with van der Waals surface area (Å²) in [6.07, 6.45) is 3.87.